The Hall–Kier alpha value is -7.24. The first kappa shape index (κ1) is 28.5. The van der Waals surface area contributed by atoms with Crippen LogP contribution < -0.4 is 0 Å². The molecule has 5 nitrogen and oxygen atoms in total. The van der Waals surface area contributed by atoms with Crippen LogP contribution >= 0.6 is 0 Å². The lowest BCUT2D eigenvalue weighted by Crippen LogP contribution is -2.03. The minimum atomic E-state index is 0.552. The van der Waals surface area contributed by atoms with Crippen molar-refractivity contribution in [3.05, 3.63) is 164 Å². The average molecular weight is 678 g/mol. The van der Waals surface area contributed by atoms with Gasteiger partial charge < -0.3 is 8.83 Å². The van der Waals surface area contributed by atoms with Gasteiger partial charge in [-0.3, -0.25) is 4.57 Å². The topological polar surface area (TPSA) is 57.0 Å². The molecule has 53 heavy (non-hydrogen) atoms. The molecule has 0 saturated carbocycles. The second-order valence-corrected chi connectivity index (χ2v) is 13.7. The van der Waals surface area contributed by atoms with Gasteiger partial charge in [-0.1, -0.05) is 133 Å². The summed E-state index contributed by atoms with van der Waals surface area (Å²) in [5.41, 5.74) is 9.73. The number of nitrogens with zero attached hydrogens (tertiary/aromatic N) is 3. The van der Waals surface area contributed by atoms with E-state index in [1.54, 1.807) is 0 Å². The highest BCUT2D eigenvalue weighted by atomic mass is 16.3. The summed E-state index contributed by atoms with van der Waals surface area (Å²) in [5, 5.41) is 10.0. The third kappa shape index (κ3) is 3.96. The normalized spacial score (nSPS) is 12.2. The van der Waals surface area contributed by atoms with Crippen molar-refractivity contribution in [1.29, 1.82) is 0 Å². The Bertz CT molecular complexity index is 3460. The van der Waals surface area contributed by atoms with Crippen molar-refractivity contribution in [2.45, 2.75) is 0 Å². The van der Waals surface area contributed by atoms with Crippen LogP contribution in [0.25, 0.3) is 116 Å². The molecule has 0 radical (unpaired) electrons. The molecule has 0 aliphatic heterocycles. The van der Waals surface area contributed by atoms with Crippen LogP contribution in [0.3, 0.4) is 0 Å². The SMILES string of the molecule is c1ccc(-c2cccc(-c3nc(-n4c5ccc6ccccc6c5c5c6ccccc6c6c7ccccc7oc6c54)nc4c3oc3ccccc34)c2)cc1. The number of furan rings is 2. The number of para-hydroxylation sites is 2. The molecule has 0 atom stereocenters. The number of fused-ring (bicyclic) bond motifs is 15. The zero-order valence-corrected chi connectivity index (χ0v) is 28.2. The maximum atomic E-state index is 6.91. The summed E-state index contributed by atoms with van der Waals surface area (Å²) in [6.45, 7) is 0. The zero-order valence-electron chi connectivity index (χ0n) is 28.2. The summed E-state index contributed by atoms with van der Waals surface area (Å²) in [6.07, 6.45) is 0. The predicted octanol–water partition coefficient (Wildman–Crippen LogP) is 13.0. The first-order valence-electron chi connectivity index (χ1n) is 17.8. The molecule has 0 amide bonds. The van der Waals surface area contributed by atoms with Gasteiger partial charge in [0, 0.05) is 32.5 Å². The Kier molecular flexibility index (Phi) is 5.71. The molecule has 0 aliphatic rings. The van der Waals surface area contributed by atoms with Gasteiger partial charge in [-0.25, -0.2) is 9.97 Å². The molecule has 0 fully saturated rings. The minimum Gasteiger partial charge on any atom is -0.454 e. The number of benzene rings is 8. The van der Waals surface area contributed by atoms with Crippen LogP contribution in [0.5, 0.6) is 0 Å². The maximum absolute atomic E-state index is 6.91. The molecule has 246 valence electrons. The van der Waals surface area contributed by atoms with Crippen molar-refractivity contribution in [3.63, 3.8) is 0 Å². The van der Waals surface area contributed by atoms with E-state index in [4.69, 9.17) is 18.8 Å². The fourth-order valence-electron chi connectivity index (χ4n) is 8.49. The van der Waals surface area contributed by atoms with Gasteiger partial charge in [0.1, 0.15) is 27.9 Å². The van der Waals surface area contributed by atoms with Gasteiger partial charge in [0.25, 0.3) is 0 Å². The predicted molar refractivity (Wildman–Crippen MR) is 217 cm³/mol. The number of hydrogen-bond acceptors (Lipinski definition) is 4. The summed E-state index contributed by atoms with van der Waals surface area (Å²) in [4.78, 5) is 10.9. The lowest BCUT2D eigenvalue weighted by molar-refractivity contribution is 0.666. The molecule has 0 N–H and O–H groups in total. The first-order chi connectivity index (χ1) is 26.3. The van der Waals surface area contributed by atoms with Crippen LogP contribution in [0, 0.1) is 0 Å². The Morgan fingerprint density at radius 2 is 1.04 bits per heavy atom. The number of aromatic nitrogens is 3. The summed E-state index contributed by atoms with van der Waals surface area (Å²) < 4.78 is 15.7. The molecule has 0 saturated heterocycles. The largest absolute Gasteiger partial charge is 0.454 e. The van der Waals surface area contributed by atoms with Crippen molar-refractivity contribution in [2.75, 3.05) is 0 Å². The maximum Gasteiger partial charge on any atom is 0.236 e. The fraction of sp³-hybridized carbons (Fsp3) is 0. The second kappa shape index (κ2) is 10.6. The van der Waals surface area contributed by atoms with Gasteiger partial charge in [0.15, 0.2) is 11.2 Å². The molecule has 12 aromatic rings. The van der Waals surface area contributed by atoms with E-state index in [0.29, 0.717) is 11.5 Å². The van der Waals surface area contributed by atoms with Gasteiger partial charge >= 0.3 is 0 Å². The van der Waals surface area contributed by atoms with Gasteiger partial charge in [0.05, 0.1) is 5.52 Å². The number of rotatable bonds is 3. The van der Waals surface area contributed by atoms with Gasteiger partial charge in [0.2, 0.25) is 5.95 Å². The third-order valence-electron chi connectivity index (χ3n) is 10.8. The molecule has 4 aromatic heterocycles. The smallest absolute Gasteiger partial charge is 0.236 e. The highest BCUT2D eigenvalue weighted by Gasteiger charge is 2.27. The van der Waals surface area contributed by atoms with E-state index in [-0.39, 0.29) is 0 Å². The summed E-state index contributed by atoms with van der Waals surface area (Å²) in [6, 6.07) is 57.1. The van der Waals surface area contributed by atoms with Crippen molar-refractivity contribution >= 4 is 87.4 Å². The fourth-order valence-corrected chi connectivity index (χ4v) is 8.49. The Morgan fingerprint density at radius 1 is 0.415 bits per heavy atom. The highest BCUT2D eigenvalue weighted by molar-refractivity contribution is 6.37. The molecular formula is C48H27N3O2. The molecule has 8 aromatic carbocycles. The van der Waals surface area contributed by atoms with Gasteiger partial charge in [-0.2, -0.15) is 0 Å². The highest BCUT2D eigenvalue weighted by Crippen LogP contribution is 2.47. The Morgan fingerprint density at radius 3 is 1.87 bits per heavy atom. The zero-order chi connectivity index (χ0) is 34.6. The van der Waals surface area contributed by atoms with Crippen molar-refractivity contribution in [1.82, 2.24) is 14.5 Å². The third-order valence-corrected chi connectivity index (χ3v) is 10.8. The van der Waals surface area contributed by atoms with E-state index in [0.717, 1.165) is 93.4 Å². The second-order valence-electron chi connectivity index (χ2n) is 13.7. The van der Waals surface area contributed by atoms with Crippen LogP contribution in [-0.4, -0.2) is 14.5 Å². The van der Waals surface area contributed by atoms with Crippen LogP contribution in [-0.2, 0) is 0 Å². The molecule has 4 heterocycles. The Labute approximate surface area is 302 Å². The lowest BCUT2D eigenvalue weighted by atomic mass is 9.97. The summed E-state index contributed by atoms with van der Waals surface area (Å²) in [7, 11) is 0. The molecule has 12 rings (SSSR count). The van der Waals surface area contributed by atoms with Crippen molar-refractivity contribution in [2.24, 2.45) is 0 Å². The average Bonchev–Trinajstić information content (AvgIpc) is 3.91. The first-order valence-corrected chi connectivity index (χ1v) is 17.8. The van der Waals surface area contributed by atoms with E-state index in [1.165, 1.54) is 10.8 Å². The monoisotopic (exact) mass is 677 g/mol. The van der Waals surface area contributed by atoms with E-state index in [1.807, 2.05) is 30.3 Å². The Balaban J connectivity index is 1.29. The summed E-state index contributed by atoms with van der Waals surface area (Å²) in [5.74, 6) is 0.552. The van der Waals surface area contributed by atoms with Crippen molar-refractivity contribution in [3.8, 4) is 28.3 Å². The van der Waals surface area contributed by atoms with Crippen LogP contribution in [0.4, 0.5) is 0 Å². The van der Waals surface area contributed by atoms with E-state index in [2.05, 4.69) is 138 Å². The van der Waals surface area contributed by atoms with Crippen LogP contribution in [0.1, 0.15) is 0 Å². The quantitative estimate of drug-likeness (QED) is 0.187. The van der Waals surface area contributed by atoms with Crippen molar-refractivity contribution < 1.29 is 8.83 Å². The number of hydrogen-bond donors (Lipinski definition) is 0. The molecule has 0 aliphatic carbocycles. The lowest BCUT2D eigenvalue weighted by Gasteiger charge is -2.11. The standard InChI is InChI=1S/C48H27N3O2/c1-2-13-28(14-3-1)30-16-12-17-31(27-30)43-47-44(36-22-9-11-24-39(36)53-47)50-48(49-43)51-37-26-25-29-15-4-5-18-32(29)41(37)42-34-20-7-6-19-33(34)40-35-21-8-10-23-38(35)52-46(40)45(42)51/h1-27H. The molecule has 0 unspecified atom stereocenters. The molecule has 0 bridgehead atoms. The van der Waals surface area contributed by atoms with Gasteiger partial charge in [-0.05, 0) is 63.0 Å². The van der Waals surface area contributed by atoms with E-state index in [9.17, 15) is 0 Å². The molecular weight excluding hydrogens is 651 g/mol. The van der Waals surface area contributed by atoms with Crippen LogP contribution in [0.2, 0.25) is 0 Å². The minimum absolute atomic E-state index is 0.552. The molecule has 5 heteroatoms. The van der Waals surface area contributed by atoms with E-state index < -0.39 is 0 Å². The van der Waals surface area contributed by atoms with Crippen LogP contribution in [0.15, 0.2) is 173 Å². The molecule has 0 spiro atoms. The van der Waals surface area contributed by atoms with Gasteiger partial charge in [-0.15, -0.1) is 0 Å². The van der Waals surface area contributed by atoms with E-state index >= 15 is 0 Å². The summed E-state index contributed by atoms with van der Waals surface area (Å²) >= 11 is 0.